The molecule has 0 saturated carbocycles. The molecule has 0 bridgehead atoms. The summed E-state index contributed by atoms with van der Waals surface area (Å²) in [5.41, 5.74) is 2.37. The van der Waals surface area contributed by atoms with Crippen molar-refractivity contribution in [1.82, 2.24) is 9.78 Å². The van der Waals surface area contributed by atoms with Gasteiger partial charge in [0.1, 0.15) is 5.69 Å². The van der Waals surface area contributed by atoms with E-state index in [0.29, 0.717) is 5.69 Å². The normalized spacial score (nSPS) is 10.7. The first kappa shape index (κ1) is 11.1. The lowest BCUT2D eigenvalue weighted by atomic mass is 10.1. The highest BCUT2D eigenvalue weighted by Crippen LogP contribution is 2.31. The van der Waals surface area contributed by atoms with Gasteiger partial charge in [-0.3, -0.25) is 4.68 Å². The number of benzene rings is 1. The predicted octanol–water partition coefficient (Wildman–Crippen LogP) is 2.82. The molecule has 16 heavy (non-hydrogen) atoms. The van der Waals surface area contributed by atoms with Crippen LogP contribution in [0.5, 0.6) is 5.75 Å². The lowest BCUT2D eigenvalue weighted by molar-refractivity contribution is 0.471. The summed E-state index contributed by atoms with van der Waals surface area (Å²) in [4.78, 5) is 1.20. The molecule has 0 saturated heterocycles. The fourth-order valence-electron chi connectivity index (χ4n) is 1.54. The van der Waals surface area contributed by atoms with Crippen molar-refractivity contribution in [2.24, 2.45) is 7.05 Å². The van der Waals surface area contributed by atoms with Gasteiger partial charge in [0.15, 0.2) is 5.75 Å². The lowest BCUT2D eigenvalue weighted by Crippen LogP contribution is -1.92. The van der Waals surface area contributed by atoms with Crippen molar-refractivity contribution in [3.63, 3.8) is 0 Å². The molecule has 1 aromatic heterocycles. The van der Waals surface area contributed by atoms with Crippen LogP contribution in [0.25, 0.3) is 11.3 Å². The molecule has 4 heteroatoms. The average Bonchev–Trinajstić information content (AvgIpc) is 2.57. The monoisotopic (exact) mass is 234 g/mol. The van der Waals surface area contributed by atoms with E-state index in [0.717, 1.165) is 11.3 Å². The molecule has 0 unspecified atom stereocenters. The van der Waals surface area contributed by atoms with Gasteiger partial charge in [0.2, 0.25) is 0 Å². The number of aromatic nitrogens is 2. The first-order valence-electron chi connectivity index (χ1n) is 5.00. The van der Waals surface area contributed by atoms with Crippen molar-refractivity contribution in [3.8, 4) is 17.0 Å². The number of hydrogen-bond donors (Lipinski definition) is 1. The van der Waals surface area contributed by atoms with E-state index in [1.165, 1.54) is 4.90 Å². The van der Waals surface area contributed by atoms with E-state index in [1.807, 2.05) is 44.5 Å². The van der Waals surface area contributed by atoms with Gasteiger partial charge in [-0.15, -0.1) is 11.8 Å². The topological polar surface area (TPSA) is 38.0 Å². The molecule has 0 radical (unpaired) electrons. The molecular formula is C12H14N2OS. The van der Waals surface area contributed by atoms with Crippen LogP contribution in [-0.2, 0) is 7.05 Å². The second-order valence-corrected chi connectivity index (χ2v) is 4.51. The Hall–Kier alpha value is -1.42. The molecule has 1 aromatic carbocycles. The van der Waals surface area contributed by atoms with Crippen molar-refractivity contribution in [3.05, 3.63) is 30.0 Å². The Morgan fingerprint density at radius 2 is 1.88 bits per heavy atom. The highest BCUT2D eigenvalue weighted by molar-refractivity contribution is 7.98. The minimum absolute atomic E-state index is 0.263. The third-order valence-electron chi connectivity index (χ3n) is 2.67. The van der Waals surface area contributed by atoms with Gasteiger partial charge in [0.25, 0.3) is 0 Å². The van der Waals surface area contributed by atoms with Crippen LogP contribution in [-0.4, -0.2) is 21.1 Å². The number of rotatable bonds is 2. The second-order valence-electron chi connectivity index (χ2n) is 3.63. The van der Waals surface area contributed by atoms with Crippen LogP contribution >= 0.6 is 11.8 Å². The molecule has 1 heterocycles. The summed E-state index contributed by atoms with van der Waals surface area (Å²) in [6.45, 7) is 1.85. The number of hydrogen-bond acceptors (Lipinski definition) is 3. The van der Waals surface area contributed by atoms with E-state index >= 15 is 0 Å². The van der Waals surface area contributed by atoms with Gasteiger partial charge < -0.3 is 5.11 Å². The molecule has 3 nitrogen and oxygen atoms in total. The maximum Gasteiger partial charge on any atom is 0.164 e. The third kappa shape index (κ3) is 1.80. The molecule has 84 valence electrons. The Morgan fingerprint density at radius 3 is 2.31 bits per heavy atom. The van der Waals surface area contributed by atoms with Crippen molar-refractivity contribution >= 4 is 11.8 Å². The molecule has 0 fully saturated rings. The largest absolute Gasteiger partial charge is 0.504 e. The summed E-state index contributed by atoms with van der Waals surface area (Å²) in [5, 5.41) is 14.2. The van der Waals surface area contributed by atoms with Crippen LogP contribution in [0.15, 0.2) is 29.2 Å². The maximum absolute atomic E-state index is 9.91. The zero-order chi connectivity index (χ0) is 11.7. The average molecular weight is 234 g/mol. The first-order chi connectivity index (χ1) is 7.63. The van der Waals surface area contributed by atoms with Crippen LogP contribution in [0.3, 0.4) is 0 Å². The van der Waals surface area contributed by atoms with Crippen molar-refractivity contribution < 1.29 is 5.11 Å². The molecule has 0 atom stereocenters. The minimum atomic E-state index is 0.263. The Kier molecular flexibility index (Phi) is 2.92. The molecule has 0 amide bonds. The van der Waals surface area contributed by atoms with Gasteiger partial charge in [-0.05, 0) is 25.3 Å². The fourth-order valence-corrected chi connectivity index (χ4v) is 1.95. The number of aromatic hydroxyl groups is 1. The standard InChI is InChI=1S/C12H14N2OS/c1-8-12(15)11(13-14(8)2)9-4-6-10(16-3)7-5-9/h4-7,15H,1-3H3. The van der Waals surface area contributed by atoms with E-state index in [2.05, 4.69) is 5.10 Å². The Labute approximate surface area is 99.1 Å². The zero-order valence-corrected chi connectivity index (χ0v) is 10.4. The first-order valence-corrected chi connectivity index (χ1v) is 6.23. The van der Waals surface area contributed by atoms with Crippen LogP contribution in [0, 0.1) is 6.92 Å². The summed E-state index contributed by atoms with van der Waals surface area (Å²) in [7, 11) is 1.83. The molecular weight excluding hydrogens is 220 g/mol. The number of nitrogens with zero attached hydrogens (tertiary/aromatic N) is 2. The minimum Gasteiger partial charge on any atom is -0.504 e. The summed E-state index contributed by atoms with van der Waals surface area (Å²) in [6, 6.07) is 8.02. The van der Waals surface area contributed by atoms with Gasteiger partial charge in [-0.25, -0.2) is 0 Å². The molecule has 0 aliphatic heterocycles. The molecule has 0 aliphatic rings. The van der Waals surface area contributed by atoms with Gasteiger partial charge >= 0.3 is 0 Å². The van der Waals surface area contributed by atoms with E-state index < -0.39 is 0 Å². The predicted molar refractivity (Wildman–Crippen MR) is 66.8 cm³/mol. The number of thioether (sulfide) groups is 1. The summed E-state index contributed by atoms with van der Waals surface area (Å²) in [5.74, 6) is 0.263. The SMILES string of the molecule is CSc1ccc(-c2nn(C)c(C)c2O)cc1. The highest BCUT2D eigenvalue weighted by Gasteiger charge is 2.12. The zero-order valence-electron chi connectivity index (χ0n) is 9.56. The van der Waals surface area contributed by atoms with E-state index in [4.69, 9.17) is 0 Å². The van der Waals surface area contributed by atoms with E-state index in [1.54, 1.807) is 16.4 Å². The fraction of sp³-hybridized carbons (Fsp3) is 0.250. The molecule has 2 aromatic rings. The van der Waals surface area contributed by atoms with Crippen molar-refractivity contribution in [1.29, 1.82) is 0 Å². The summed E-state index contributed by atoms with van der Waals surface area (Å²) in [6.07, 6.45) is 2.04. The van der Waals surface area contributed by atoms with Crippen molar-refractivity contribution in [2.75, 3.05) is 6.26 Å². The van der Waals surface area contributed by atoms with Crippen LogP contribution in [0.2, 0.25) is 0 Å². The van der Waals surface area contributed by atoms with Crippen LogP contribution in [0.1, 0.15) is 5.69 Å². The maximum atomic E-state index is 9.91. The van der Waals surface area contributed by atoms with Gasteiger partial charge in [-0.2, -0.15) is 5.10 Å². The van der Waals surface area contributed by atoms with E-state index in [9.17, 15) is 5.11 Å². The third-order valence-corrected chi connectivity index (χ3v) is 3.41. The lowest BCUT2D eigenvalue weighted by Gasteiger charge is -1.99. The number of aryl methyl sites for hydroxylation is 1. The highest BCUT2D eigenvalue weighted by atomic mass is 32.2. The Balaban J connectivity index is 2.46. The van der Waals surface area contributed by atoms with Crippen LogP contribution in [0.4, 0.5) is 0 Å². The van der Waals surface area contributed by atoms with Gasteiger partial charge in [-0.1, -0.05) is 12.1 Å². The second kappa shape index (κ2) is 4.22. The van der Waals surface area contributed by atoms with Gasteiger partial charge in [0.05, 0.1) is 5.69 Å². The van der Waals surface area contributed by atoms with E-state index in [-0.39, 0.29) is 5.75 Å². The molecule has 2 rings (SSSR count). The summed E-state index contributed by atoms with van der Waals surface area (Å²) >= 11 is 1.70. The Morgan fingerprint density at radius 1 is 1.25 bits per heavy atom. The Bertz CT molecular complexity index is 502. The smallest absolute Gasteiger partial charge is 0.164 e. The van der Waals surface area contributed by atoms with Gasteiger partial charge in [0, 0.05) is 17.5 Å². The van der Waals surface area contributed by atoms with Crippen molar-refractivity contribution in [2.45, 2.75) is 11.8 Å². The summed E-state index contributed by atoms with van der Waals surface area (Å²) < 4.78 is 1.69. The molecule has 0 spiro atoms. The quantitative estimate of drug-likeness (QED) is 0.812. The molecule has 1 N–H and O–H groups in total. The molecule has 0 aliphatic carbocycles. The van der Waals surface area contributed by atoms with Crippen LogP contribution < -0.4 is 0 Å².